The smallest absolute Gasteiger partial charge is 0.335 e. The highest BCUT2D eigenvalue weighted by Gasteiger charge is 2.23. The lowest BCUT2D eigenvalue weighted by Gasteiger charge is -2.25. The van der Waals surface area contributed by atoms with Crippen molar-refractivity contribution in [2.45, 2.75) is 38.1 Å². The lowest BCUT2D eigenvalue weighted by molar-refractivity contribution is 0.0696. The minimum atomic E-state index is -0.972. The van der Waals surface area contributed by atoms with Gasteiger partial charge in [-0.2, -0.15) is 0 Å². The fourth-order valence-corrected chi connectivity index (χ4v) is 5.55. The minimum absolute atomic E-state index is 0.199. The molecule has 1 fully saturated rings. The number of aromatic nitrogens is 2. The molecule has 5 aromatic rings. The monoisotopic (exact) mass is 515 g/mol. The van der Waals surface area contributed by atoms with E-state index in [1.807, 2.05) is 78.9 Å². The SMILES string of the molecule is O=C(O)c1ccc2c(c1)nc(-c1cccc(C(=O)Nc3cccc(-c4ccccc4)c3)c1)n2C1CCCCC1. The maximum Gasteiger partial charge on any atom is 0.335 e. The van der Waals surface area contributed by atoms with Crippen LogP contribution >= 0.6 is 0 Å². The lowest BCUT2D eigenvalue weighted by atomic mass is 9.94. The third-order valence-corrected chi connectivity index (χ3v) is 7.49. The Kier molecular flexibility index (Phi) is 6.68. The molecule has 6 rings (SSSR count). The number of rotatable bonds is 6. The summed E-state index contributed by atoms with van der Waals surface area (Å²) in [6.45, 7) is 0. The number of carboxylic acids is 1. The van der Waals surface area contributed by atoms with E-state index < -0.39 is 5.97 Å². The fraction of sp³-hybridized carbons (Fsp3) is 0.182. The van der Waals surface area contributed by atoms with E-state index in [-0.39, 0.29) is 17.5 Å². The zero-order valence-corrected chi connectivity index (χ0v) is 21.5. The maximum absolute atomic E-state index is 13.3. The number of carbonyl (C=O) groups is 2. The van der Waals surface area contributed by atoms with Crippen molar-refractivity contribution in [3.8, 4) is 22.5 Å². The third kappa shape index (κ3) is 5.06. The van der Waals surface area contributed by atoms with Gasteiger partial charge in [0.2, 0.25) is 0 Å². The molecule has 1 aliphatic rings. The number of fused-ring (bicyclic) bond motifs is 1. The first-order valence-electron chi connectivity index (χ1n) is 13.4. The van der Waals surface area contributed by atoms with Gasteiger partial charge in [-0.25, -0.2) is 9.78 Å². The highest BCUT2D eigenvalue weighted by atomic mass is 16.4. The van der Waals surface area contributed by atoms with Crippen LogP contribution in [0, 0.1) is 0 Å². The zero-order valence-electron chi connectivity index (χ0n) is 21.5. The number of hydrogen-bond donors (Lipinski definition) is 2. The van der Waals surface area contributed by atoms with Gasteiger partial charge in [0.15, 0.2) is 0 Å². The second kappa shape index (κ2) is 10.6. The van der Waals surface area contributed by atoms with Crippen LogP contribution in [0.4, 0.5) is 5.69 Å². The Morgan fingerprint density at radius 2 is 1.49 bits per heavy atom. The molecule has 1 heterocycles. The van der Waals surface area contributed by atoms with Crippen LogP contribution in [-0.2, 0) is 0 Å². The number of aromatic carboxylic acids is 1. The van der Waals surface area contributed by atoms with Crippen molar-refractivity contribution in [3.63, 3.8) is 0 Å². The average molecular weight is 516 g/mol. The number of carbonyl (C=O) groups excluding carboxylic acids is 1. The normalized spacial score (nSPS) is 13.8. The zero-order chi connectivity index (χ0) is 26.8. The van der Waals surface area contributed by atoms with Crippen molar-refractivity contribution >= 4 is 28.6 Å². The first kappa shape index (κ1) is 24.6. The van der Waals surface area contributed by atoms with Gasteiger partial charge in [0.25, 0.3) is 5.91 Å². The standard InChI is InChI=1S/C33H29N3O3/c37-32(34-27-14-8-11-23(20-27)22-9-3-1-4-10-22)25-13-7-12-24(19-25)31-35-29-21-26(33(38)39)17-18-30(29)36(31)28-15-5-2-6-16-28/h1,3-4,7-14,17-21,28H,2,5-6,15-16H2,(H,34,37)(H,38,39). The molecular weight excluding hydrogens is 486 g/mol. The van der Waals surface area contributed by atoms with Crippen molar-refractivity contribution < 1.29 is 14.7 Å². The predicted octanol–water partition coefficient (Wildman–Crippen LogP) is 7.83. The number of carboxylic acid groups (broad SMARTS) is 1. The summed E-state index contributed by atoms with van der Waals surface area (Å²) in [5, 5.41) is 12.5. The Labute approximate surface area is 227 Å². The molecule has 1 aromatic heterocycles. The molecule has 1 amide bonds. The molecular formula is C33H29N3O3. The van der Waals surface area contributed by atoms with Crippen molar-refractivity contribution in [3.05, 3.63) is 108 Å². The highest BCUT2D eigenvalue weighted by molar-refractivity contribution is 6.05. The second-order valence-corrected chi connectivity index (χ2v) is 10.1. The molecule has 39 heavy (non-hydrogen) atoms. The van der Waals surface area contributed by atoms with E-state index in [4.69, 9.17) is 4.98 Å². The van der Waals surface area contributed by atoms with Gasteiger partial charge in [-0.15, -0.1) is 0 Å². The molecule has 1 aliphatic carbocycles. The molecule has 1 saturated carbocycles. The predicted molar refractivity (Wildman–Crippen MR) is 154 cm³/mol. The summed E-state index contributed by atoms with van der Waals surface area (Å²) in [7, 11) is 0. The molecule has 4 aromatic carbocycles. The molecule has 0 saturated heterocycles. The van der Waals surface area contributed by atoms with Crippen molar-refractivity contribution in [2.75, 3.05) is 5.32 Å². The highest BCUT2D eigenvalue weighted by Crippen LogP contribution is 2.36. The summed E-state index contributed by atoms with van der Waals surface area (Å²) in [5.74, 6) is -0.406. The van der Waals surface area contributed by atoms with E-state index in [9.17, 15) is 14.7 Å². The molecule has 2 N–H and O–H groups in total. The number of nitrogens with zero attached hydrogens (tertiary/aromatic N) is 2. The van der Waals surface area contributed by atoms with Crippen LogP contribution < -0.4 is 5.32 Å². The summed E-state index contributed by atoms with van der Waals surface area (Å²) in [6.07, 6.45) is 5.64. The molecule has 6 heteroatoms. The Hall–Kier alpha value is -4.71. The summed E-state index contributed by atoms with van der Waals surface area (Å²) in [5.41, 5.74) is 6.01. The second-order valence-electron chi connectivity index (χ2n) is 10.1. The van der Waals surface area contributed by atoms with Crippen LogP contribution in [-0.4, -0.2) is 26.5 Å². The summed E-state index contributed by atoms with van der Waals surface area (Å²) < 4.78 is 2.25. The molecule has 0 bridgehead atoms. The van der Waals surface area contributed by atoms with E-state index in [1.54, 1.807) is 18.2 Å². The van der Waals surface area contributed by atoms with Crippen molar-refractivity contribution in [1.29, 1.82) is 0 Å². The van der Waals surface area contributed by atoms with E-state index >= 15 is 0 Å². The van der Waals surface area contributed by atoms with Crippen LogP contribution in [0.1, 0.15) is 58.9 Å². The van der Waals surface area contributed by atoms with Gasteiger partial charge in [-0.05, 0) is 66.4 Å². The van der Waals surface area contributed by atoms with E-state index in [0.29, 0.717) is 11.1 Å². The Morgan fingerprint density at radius 1 is 0.744 bits per heavy atom. The lowest BCUT2D eigenvalue weighted by Crippen LogP contribution is -2.15. The van der Waals surface area contributed by atoms with Crippen LogP contribution in [0.5, 0.6) is 0 Å². The molecule has 0 unspecified atom stereocenters. The third-order valence-electron chi connectivity index (χ3n) is 7.49. The fourth-order valence-electron chi connectivity index (χ4n) is 5.55. The van der Waals surface area contributed by atoms with Gasteiger partial charge in [0, 0.05) is 22.9 Å². The molecule has 6 nitrogen and oxygen atoms in total. The van der Waals surface area contributed by atoms with Crippen LogP contribution in [0.3, 0.4) is 0 Å². The first-order valence-corrected chi connectivity index (χ1v) is 13.4. The Morgan fingerprint density at radius 3 is 2.28 bits per heavy atom. The number of benzene rings is 4. The van der Waals surface area contributed by atoms with Crippen LogP contribution in [0.15, 0.2) is 97.1 Å². The summed E-state index contributed by atoms with van der Waals surface area (Å²) >= 11 is 0. The van der Waals surface area contributed by atoms with Gasteiger partial charge < -0.3 is 15.0 Å². The Balaban J connectivity index is 1.34. The van der Waals surface area contributed by atoms with Gasteiger partial charge in [0.1, 0.15) is 5.82 Å². The number of amides is 1. The summed E-state index contributed by atoms with van der Waals surface area (Å²) in [6, 6.07) is 30.8. The van der Waals surface area contributed by atoms with E-state index in [2.05, 4.69) is 9.88 Å². The van der Waals surface area contributed by atoms with Gasteiger partial charge in [-0.1, -0.05) is 73.9 Å². The molecule has 0 aliphatic heterocycles. The van der Waals surface area contributed by atoms with Crippen LogP contribution in [0.2, 0.25) is 0 Å². The van der Waals surface area contributed by atoms with E-state index in [1.165, 1.54) is 6.42 Å². The quantitative estimate of drug-likeness (QED) is 0.241. The molecule has 0 spiro atoms. The van der Waals surface area contributed by atoms with Crippen LogP contribution in [0.25, 0.3) is 33.5 Å². The Bertz CT molecular complexity index is 1670. The molecule has 0 atom stereocenters. The summed E-state index contributed by atoms with van der Waals surface area (Å²) in [4.78, 5) is 29.8. The van der Waals surface area contributed by atoms with Gasteiger partial charge in [0.05, 0.1) is 16.6 Å². The average Bonchev–Trinajstić information content (AvgIpc) is 3.37. The van der Waals surface area contributed by atoms with Crippen molar-refractivity contribution in [2.24, 2.45) is 0 Å². The van der Waals surface area contributed by atoms with E-state index in [0.717, 1.165) is 59.4 Å². The van der Waals surface area contributed by atoms with Gasteiger partial charge >= 0.3 is 5.97 Å². The molecule has 194 valence electrons. The number of anilines is 1. The minimum Gasteiger partial charge on any atom is -0.478 e. The number of hydrogen-bond acceptors (Lipinski definition) is 3. The number of imidazole rings is 1. The topological polar surface area (TPSA) is 84.2 Å². The molecule has 0 radical (unpaired) electrons. The largest absolute Gasteiger partial charge is 0.478 e. The number of nitrogens with one attached hydrogen (secondary N) is 1. The van der Waals surface area contributed by atoms with Crippen molar-refractivity contribution in [1.82, 2.24) is 9.55 Å². The van der Waals surface area contributed by atoms with Gasteiger partial charge in [-0.3, -0.25) is 4.79 Å². The first-order chi connectivity index (χ1) is 19.1. The maximum atomic E-state index is 13.3.